The van der Waals surface area contributed by atoms with Gasteiger partial charge in [0, 0.05) is 6.54 Å². The van der Waals surface area contributed by atoms with Gasteiger partial charge < -0.3 is 10.6 Å². The Morgan fingerprint density at radius 3 is 2.61 bits per heavy atom. The molecule has 0 aliphatic heterocycles. The molecule has 0 saturated carbocycles. The second-order valence-electron chi connectivity index (χ2n) is 4.49. The second kappa shape index (κ2) is 5.65. The molecule has 0 radical (unpaired) electrons. The molecule has 2 N–H and O–H groups in total. The number of hydrogen-bond acceptors (Lipinski definition) is 2. The van der Waals surface area contributed by atoms with E-state index in [4.69, 9.17) is 0 Å². The van der Waals surface area contributed by atoms with Crippen molar-refractivity contribution in [2.75, 3.05) is 13.6 Å². The summed E-state index contributed by atoms with van der Waals surface area (Å²) in [6.45, 7) is 3.02. The third kappa shape index (κ3) is 3.08. The van der Waals surface area contributed by atoms with E-state index >= 15 is 0 Å². The zero-order valence-corrected chi connectivity index (χ0v) is 10.8. The largest absolute Gasteiger partial charge is 0.351 e. The summed E-state index contributed by atoms with van der Waals surface area (Å²) in [7, 11) is 1.76. The van der Waals surface area contributed by atoms with Gasteiger partial charge in [-0.2, -0.15) is 0 Å². The quantitative estimate of drug-likeness (QED) is 0.860. The summed E-state index contributed by atoms with van der Waals surface area (Å²) in [4.78, 5) is 11.4. The SMILES string of the molecule is CNCC(=O)NCc1ccc2cc(C)ccc2c1. The lowest BCUT2D eigenvalue weighted by Crippen LogP contribution is -2.31. The first-order valence-electron chi connectivity index (χ1n) is 6.09. The fraction of sp³-hybridized carbons (Fsp3) is 0.267. The number of rotatable bonds is 4. The number of carbonyl (C=O) groups excluding carboxylic acids is 1. The van der Waals surface area contributed by atoms with Crippen molar-refractivity contribution in [1.29, 1.82) is 0 Å². The number of amides is 1. The van der Waals surface area contributed by atoms with Crippen LogP contribution in [-0.4, -0.2) is 19.5 Å². The van der Waals surface area contributed by atoms with Crippen molar-refractivity contribution < 1.29 is 4.79 Å². The molecule has 0 spiro atoms. The first-order chi connectivity index (χ1) is 8.69. The fourth-order valence-electron chi connectivity index (χ4n) is 1.95. The van der Waals surface area contributed by atoms with Gasteiger partial charge in [-0.15, -0.1) is 0 Å². The second-order valence-corrected chi connectivity index (χ2v) is 4.49. The minimum absolute atomic E-state index is 0.0153. The molecule has 2 rings (SSSR count). The van der Waals surface area contributed by atoms with Gasteiger partial charge in [-0.05, 0) is 36.4 Å². The van der Waals surface area contributed by atoms with Gasteiger partial charge in [0.25, 0.3) is 0 Å². The first kappa shape index (κ1) is 12.6. The number of fused-ring (bicyclic) bond motifs is 1. The van der Waals surface area contributed by atoms with Crippen LogP contribution in [0.1, 0.15) is 11.1 Å². The van der Waals surface area contributed by atoms with Crippen LogP contribution >= 0.6 is 0 Å². The van der Waals surface area contributed by atoms with Crippen molar-refractivity contribution >= 4 is 16.7 Å². The van der Waals surface area contributed by atoms with E-state index in [1.54, 1.807) is 7.05 Å². The predicted octanol–water partition coefficient (Wildman–Crippen LogP) is 1.98. The molecule has 1 amide bonds. The molecule has 2 aromatic carbocycles. The normalized spacial score (nSPS) is 10.6. The summed E-state index contributed by atoms with van der Waals surface area (Å²) < 4.78 is 0. The van der Waals surface area contributed by atoms with Crippen LogP contribution in [0.3, 0.4) is 0 Å². The Hall–Kier alpha value is -1.87. The van der Waals surface area contributed by atoms with Crippen molar-refractivity contribution in [3.8, 4) is 0 Å². The van der Waals surface area contributed by atoms with Crippen LogP contribution in [0.2, 0.25) is 0 Å². The van der Waals surface area contributed by atoms with Gasteiger partial charge in [0.05, 0.1) is 6.54 Å². The van der Waals surface area contributed by atoms with Crippen LogP contribution in [0.15, 0.2) is 36.4 Å². The summed E-state index contributed by atoms with van der Waals surface area (Å²) in [6, 6.07) is 12.7. The Bertz CT molecular complexity index is 563. The Balaban J connectivity index is 2.10. The van der Waals surface area contributed by atoms with E-state index < -0.39 is 0 Å². The third-order valence-corrected chi connectivity index (χ3v) is 2.89. The summed E-state index contributed by atoms with van der Waals surface area (Å²) in [5, 5.41) is 8.15. The zero-order chi connectivity index (χ0) is 13.0. The van der Waals surface area contributed by atoms with Crippen LogP contribution < -0.4 is 10.6 Å². The molecule has 0 bridgehead atoms. The van der Waals surface area contributed by atoms with E-state index in [0.717, 1.165) is 5.56 Å². The minimum atomic E-state index is 0.0153. The molecule has 94 valence electrons. The van der Waals surface area contributed by atoms with Crippen LogP contribution in [-0.2, 0) is 11.3 Å². The van der Waals surface area contributed by atoms with Crippen molar-refractivity contribution in [3.05, 3.63) is 47.5 Å². The summed E-state index contributed by atoms with van der Waals surface area (Å²) >= 11 is 0. The highest BCUT2D eigenvalue weighted by Gasteiger charge is 2.00. The predicted molar refractivity (Wildman–Crippen MR) is 74.5 cm³/mol. The number of likely N-dealkylation sites (N-methyl/N-ethyl adjacent to an activating group) is 1. The van der Waals surface area contributed by atoms with Crippen LogP contribution in [0.25, 0.3) is 10.8 Å². The average Bonchev–Trinajstić information content (AvgIpc) is 2.36. The molecule has 0 heterocycles. The topological polar surface area (TPSA) is 41.1 Å². The summed E-state index contributed by atoms with van der Waals surface area (Å²) in [5.41, 5.74) is 2.38. The molecule has 0 aliphatic rings. The van der Waals surface area contributed by atoms with E-state index in [1.165, 1.54) is 16.3 Å². The number of hydrogen-bond donors (Lipinski definition) is 2. The molecular weight excluding hydrogens is 224 g/mol. The van der Waals surface area contributed by atoms with Gasteiger partial charge in [0.15, 0.2) is 0 Å². The number of benzene rings is 2. The van der Waals surface area contributed by atoms with Crippen molar-refractivity contribution in [2.24, 2.45) is 0 Å². The molecule has 0 aliphatic carbocycles. The van der Waals surface area contributed by atoms with Crippen molar-refractivity contribution in [1.82, 2.24) is 10.6 Å². The van der Waals surface area contributed by atoms with Crippen molar-refractivity contribution in [3.63, 3.8) is 0 Å². The molecule has 0 fully saturated rings. The highest BCUT2D eigenvalue weighted by Crippen LogP contribution is 2.17. The highest BCUT2D eigenvalue weighted by molar-refractivity contribution is 5.84. The smallest absolute Gasteiger partial charge is 0.234 e. The van der Waals surface area contributed by atoms with E-state index in [2.05, 4.69) is 54.0 Å². The lowest BCUT2D eigenvalue weighted by Gasteiger charge is -2.06. The van der Waals surface area contributed by atoms with Crippen molar-refractivity contribution in [2.45, 2.75) is 13.5 Å². The molecule has 2 aromatic rings. The monoisotopic (exact) mass is 242 g/mol. The molecular formula is C15H18N2O. The summed E-state index contributed by atoms with van der Waals surface area (Å²) in [6.07, 6.45) is 0. The van der Waals surface area contributed by atoms with Crippen LogP contribution in [0.5, 0.6) is 0 Å². The van der Waals surface area contributed by atoms with Gasteiger partial charge in [0.2, 0.25) is 5.91 Å². The Morgan fingerprint density at radius 1 is 1.11 bits per heavy atom. The highest BCUT2D eigenvalue weighted by atomic mass is 16.1. The first-order valence-corrected chi connectivity index (χ1v) is 6.09. The van der Waals surface area contributed by atoms with Gasteiger partial charge >= 0.3 is 0 Å². The lowest BCUT2D eigenvalue weighted by molar-refractivity contribution is -0.120. The molecule has 0 saturated heterocycles. The zero-order valence-electron chi connectivity index (χ0n) is 10.8. The average molecular weight is 242 g/mol. The van der Waals surface area contributed by atoms with Gasteiger partial charge in [-0.1, -0.05) is 35.9 Å². The van der Waals surface area contributed by atoms with Crippen LogP contribution in [0, 0.1) is 6.92 Å². The third-order valence-electron chi connectivity index (χ3n) is 2.89. The molecule has 18 heavy (non-hydrogen) atoms. The standard InChI is InChI=1S/C15H18N2O/c1-11-3-5-14-8-12(4-6-13(14)7-11)9-17-15(18)10-16-2/h3-8,16H,9-10H2,1-2H3,(H,17,18). The number of carbonyl (C=O) groups is 1. The minimum Gasteiger partial charge on any atom is -0.351 e. The maximum atomic E-state index is 11.4. The van der Waals surface area contributed by atoms with Gasteiger partial charge in [-0.25, -0.2) is 0 Å². The van der Waals surface area contributed by atoms with E-state index in [-0.39, 0.29) is 5.91 Å². The number of aryl methyl sites for hydroxylation is 1. The molecule has 0 aromatic heterocycles. The molecule has 3 heteroatoms. The van der Waals surface area contributed by atoms with Gasteiger partial charge in [-0.3, -0.25) is 4.79 Å². The van der Waals surface area contributed by atoms with E-state index in [0.29, 0.717) is 13.1 Å². The lowest BCUT2D eigenvalue weighted by atomic mass is 10.0. The Labute approximate surface area is 107 Å². The maximum Gasteiger partial charge on any atom is 0.234 e. The Morgan fingerprint density at radius 2 is 1.83 bits per heavy atom. The van der Waals surface area contributed by atoms with Gasteiger partial charge in [0.1, 0.15) is 0 Å². The molecule has 3 nitrogen and oxygen atoms in total. The van der Waals surface area contributed by atoms with E-state index in [9.17, 15) is 4.79 Å². The molecule has 0 unspecified atom stereocenters. The summed E-state index contributed by atoms with van der Waals surface area (Å²) in [5.74, 6) is 0.0153. The maximum absolute atomic E-state index is 11.4. The fourth-order valence-corrected chi connectivity index (χ4v) is 1.95. The molecule has 0 atom stereocenters. The number of nitrogens with one attached hydrogen (secondary N) is 2. The van der Waals surface area contributed by atoms with Crippen LogP contribution in [0.4, 0.5) is 0 Å². The van der Waals surface area contributed by atoms with E-state index in [1.807, 2.05) is 0 Å². The Kier molecular flexibility index (Phi) is 3.95.